The maximum Gasteiger partial charge on any atom is 0.120 e. The van der Waals surface area contributed by atoms with E-state index in [-0.39, 0.29) is 11.9 Å². The van der Waals surface area contributed by atoms with E-state index in [0.717, 1.165) is 10.2 Å². The molecule has 1 aromatic heterocycles. The van der Waals surface area contributed by atoms with E-state index in [4.69, 9.17) is 16.3 Å². The Labute approximate surface area is 104 Å². The molecule has 0 amide bonds. The van der Waals surface area contributed by atoms with Crippen LogP contribution in [0.25, 0.3) is 0 Å². The molecular weight excluding hydrogens is 304 g/mol. The highest BCUT2D eigenvalue weighted by atomic mass is 79.9. The van der Waals surface area contributed by atoms with Gasteiger partial charge in [0.15, 0.2) is 0 Å². The molecule has 15 heavy (non-hydrogen) atoms. The Kier molecular flexibility index (Phi) is 3.42. The number of aromatic nitrogens is 1. The zero-order valence-electron chi connectivity index (χ0n) is 7.54. The van der Waals surface area contributed by atoms with Gasteiger partial charge in [-0.1, -0.05) is 11.6 Å². The summed E-state index contributed by atoms with van der Waals surface area (Å²) in [5.41, 5.74) is 0.300. The molecule has 82 valence electrons. The molecule has 0 radical (unpaired) electrons. The van der Waals surface area contributed by atoms with Crippen molar-refractivity contribution in [2.24, 2.45) is 0 Å². The number of nitrogens with one attached hydrogen (secondary N) is 1. The van der Waals surface area contributed by atoms with Crippen LogP contribution >= 0.6 is 27.5 Å². The second-order valence-corrected chi connectivity index (χ2v) is 4.96. The number of thiol groups is 1. The maximum absolute atomic E-state index is 10.6. The molecule has 0 atom stereocenters. The van der Waals surface area contributed by atoms with Gasteiger partial charge in [0.2, 0.25) is 0 Å². The van der Waals surface area contributed by atoms with E-state index >= 15 is 0 Å². The fraction of sp³-hybridized carbons (Fsp3) is 0.375. The van der Waals surface area contributed by atoms with Gasteiger partial charge in [0.1, 0.15) is 5.54 Å². The van der Waals surface area contributed by atoms with Gasteiger partial charge in [0.25, 0.3) is 0 Å². The zero-order chi connectivity index (χ0) is 10.9. The zero-order valence-corrected chi connectivity index (χ0v) is 10.8. The van der Waals surface area contributed by atoms with Crippen LogP contribution < -0.4 is 4.72 Å². The lowest BCUT2D eigenvalue weighted by molar-refractivity contribution is -0.0679. The first-order chi connectivity index (χ1) is 7.18. The first kappa shape index (κ1) is 11.5. The molecule has 4 nitrogen and oxygen atoms in total. The third-order valence-electron chi connectivity index (χ3n) is 2.22. The van der Waals surface area contributed by atoms with Crippen LogP contribution in [0.3, 0.4) is 0 Å². The van der Waals surface area contributed by atoms with Crippen LogP contribution in [0, 0.1) is 0 Å². The first-order valence-corrected chi connectivity index (χ1v) is 6.15. The van der Waals surface area contributed by atoms with Gasteiger partial charge in [-0.3, -0.25) is 4.98 Å². The van der Waals surface area contributed by atoms with Gasteiger partial charge in [0.05, 0.1) is 35.8 Å². The Bertz CT molecular complexity index is 400. The van der Waals surface area contributed by atoms with Crippen molar-refractivity contribution in [3.63, 3.8) is 0 Å². The van der Waals surface area contributed by atoms with Crippen LogP contribution in [0.4, 0.5) is 0 Å². The summed E-state index contributed by atoms with van der Waals surface area (Å²) >= 11 is 9.04. The second kappa shape index (κ2) is 4.47. The van der Waals surface area contributed by atoms with Gasteiger partial charge in [-0.25, -0.2) is 8.93 Å². The third-order valence-corrected chi connectivity index (χ3v) is 3.55. The minimum absolute atomic E-state index is 0.135. The summed E-state index contributed by atoms with van der Waals surface area (Å²) in [4.78, 5) is 4.23. The lowest BCUT2D eigenvalue weighted by Crippen LogP contribution is -2.56. The molecule has 1 saturated heterocycles. The van der Waals surface area contributed by atoms with E-state index < -0.39 is 5.54 Å². The van der Waals surface area contributed by atoms with Crippen molar-refractivity contribution >= 4 is 39.4 Å². The number of hydrogen-bond acceptors (Lipinski definition) is 3. The highest BCUT2D eigenvalue weighted by molar-refractivity contribution is 9.10. The van der Waals surface area contributed by atoms with Gasteiger partial charge >= 0.3 is 0 Å². The number of ether oxygens (including phenoxy) is 1. The quantitative estimate of drug-likeness (QED) is 0.824. The fourth-order valence-corrected chi connectivity index (χ4v) is 2.84. The summed E-state index contributed by atoms with van der Waals surface area (Å²) in [5, 5.41) is 0.556. The van der Waals surface area contributed by atoms with E-state index in [1.807, 2.05) is 0 Å². The monoisotopic (exact) mass is 310 g/mol. The predicted molar refractivity (Wildman–Crippen MR) is 62.1 cm³/mol. The number of hydrogen-bond donors (Lipinski definition) is 2. The minimum atomic E-state index is -0.466. The van der Waals surface area contributed by atoms with Crippen LogP contribution in [0.15, 0.2) is 16.7 Å². The number of halogens is 2. The Morgan fingerprint density at radius 1 is 1.67 bits per heavy atom. The van der Waals surface area contributed by atoms with Crippen molar-refractivity contribution in [1.29, 1.82) is 0 Å². The van der Waals surface area contributed by atoms with Gasteiger partial charge in [-0.2, -0.15) is 0 Å². The summed E-state index contributed by atoms with van der Waals surface area (Å²) in [5.74, 6) is 0. The fourth-order valence-electron chi connectivity index (χ4n) is 1.41. The topological polar surface area (TPSA) is 51.2 Å². The van der Waals surface area contributed by atoms with Gasteiger partial charge < -0.3 is 4.74 Å². The molecule has 2 heterocycles. The molecule has 1 aromatic rings. The van der Waals surface area contributed by atoms with E-state index in [1.54, 1.807) is 12.3 Å². The summed E-state index contributed by atoms with van der Waals surface area (Å²) in [6.45, 7) is 0.908. The molecule has 0 unspecified atom stereocenters. The Morgan fingerprint density at radius 2 is 2.40 bits per heavy atom. The molecule has 0 bridgehead atoms. The number of pyridine rings is 1. The molecule has 7 heteroatoms. The number of nitrogens with zero attached hydrogens (tertiary/aromatic N) is 1. The van der Waals surface area contributed by atoms with Crippen LogP contribution in [0.5, 0.6) is 0 Å². The van der Waals surface area contributed by atoms with Crippen molar-refractivity contribution in [2.75, 3.05) is 13.2 Å². The van der Waals surface area contributed by atoms with Gasteiger partial charge in [0, 0.05) is 10.7 Å². The predicted octanol–water partition coefficient (Wildman–Crippen LogP) is 1.17. The largest absolute Gasteiger partial charge is 0.377 e. The number of rotatable bonds is 3. The average Bonchev–Trinajstić information content (AvgIpc) is 2.12. The van der Waals surface area contributed by atoms with Crippen LogP contribution in [0.2, 0.25) is 5.02 Å². The maximum atomic E-state index is 10.6. The van der Waals surface area contributed by atoms with E-state index in [1.165, 1.54) is 0 Å². The SMILES string of the molecule is O=[SH]NC1(c2ncc(Cl)cc2Br)COC1. The molecule has 1 N–H and O–H groups in total. The highest BCUT2D eigenvalue weighted by Gasteiger charge is 2.43. The van der Waals surface area contributed by atoms with Crippen molar-refractivity contribution in [3.05, 3.63) is 27.5 Å². The van der Waals surface area contributed by atoms with Crippen molar-refractivity contribution < 1.29 is 8.95 Å². The lowest BCUT2D eigenvalue weighted by atomic mass is 9.94. The summed E-state index contributed by atoms with van der Waals surface area (Å²) in [6.07, 6.45) is 1.56. The molecular formula is C8H8BrClN2O2S. The molecule has 2 rings (SSSR count). The van der Waals surface area contributed by atoms with Crippen LogP contribution in [0.1, 0.15) is 5.69 Å². The molecule has 1 aliphatic heterocycles. The molecule has 1 aliphatic rings. The van der Waals surface area contributed by atoms with Crippen molar-refractivity contribution in [1.82, 2.24) is 9.71 Å². The Balaban J connectivity index is 2.38. The minimum Gasteiger partial charge on any atom is -0.377 e. The molecule has 0 aromatic carbocycles. The van der Waals surface area contributed by atoms with E-state index in [2.05, 4.69) is 25.6 Å². The first-order valence-electron chi connectivity index (χ1n) is 4.17. The average molecular weight is 312 g/mol. The molecule has 0 spiro atoms. The van der Waals surface area contributed by atoms with Gasteiger partial charge in [-0.15, -0.1) is 0 Å². The van der Waals surface area contributed by atoms with Crippen molar-refractivity contribution in [2.45, 2.75) is 5.54 Å². The third kappa shape index (κ3) is 2.09. The smallest absolute Gasteiger partial charge is 0.120 e. The second-order valence-electron chi connectivity index (χ2n) is 3.26. The molecule has 0 aliphatic carbocycles. The standard InChI is InChI=1S/C8H8BrClN2O2S/c9-6-1-5(10)2-11-7(6)8(12-15-13)3-14-4-8/h1-2,15H,3-4H2,(H,12,13). The summed E-state index contributed by atoms with van der Waals surface area (Å²) in [7, 11) is 0. The van der Waals surface area contributed by atoms with E-state index in [0.29, 0.717) is 18.2 Å². The normalized spacial score (nSPS) is 18.5. The summed E-state index contributed by atoms with van der Waals surface area (Å²) in [6, 6.07) is 1.76. The molecule has 1 fully saturated rings. The van der Waals surface area contributed by atoms with Crippen molar-refractivity contribution in [3.8, 4) is 0 Å². The Hall–Kier alpha value is -0.0100. The van der Waals surface area contributed by atoms with E-state index in [9.17, 15) is 4.21 Å². The lowest BCUT2D eigenvalue weighted by Gasteiger charge is -2.40. The molecule has 0 saturated carbocycles. The Morgan fingerprint density at radius 3 is 2.87 bits per heavy atom. The van der Waals surface area contributed by atoms with Crippen LogP contribution in [-0.4, -0.2) is 22.4 Å². The van der Waals surface area contributed by atoms with Gasteiger partial charge in [-0.05, 0) is 22.0 Å². The summed E-state index contributed by atoms with van der Waals surface area (Å²) < 4.78 is 19.4. The van der Waals surface area contributed by atoms with Crippen LogP contribution in [-0.2, 0) is 22.1 Å². The highest BCUT2D eigenvalue weighted by Crippen LogP contribution is 2.33.